The lowest BCUT2D eigenvalue weighted by Gasteiger charge is -2.41. The Morgan fingerprint density at radius 1 is 1.29 bits per heavy atom. The number of aromatic nitrogens is 2. The van der Waals surface area contributed by atoms with Gasteiger partial charge in [-0.05, 0) is 72.0 Å². The zero-order valence-corrected chi connectivity index (χ0v) is 20.6. The van der Waals surface area contributed by atoms with E-state index in [1.54, 1.807) is 0 Å². The van der Waals surface area contributed by atoms with Crippen molar-refractivity contribution in [3.63, 3.8) is 0 Å². The molecule has 1 aliphatic heterocycles. The molecule has 0 amide bonds. The van der Waals surface area contributed by atoms with Crippen LogP contribution >= 0.6 is 24.0 Å². The number of nitrogens with one attached hydrogen (secondary N) is 2. The van der Waals surface area contributed by atoms with Gasteiger partial charge in [0.05, 0.1) is 5.69 Å². The first-order chi connectivity index (χ1) is 12.9. The van der Waals surface area contributed by atoms with Gasteiger partial charge in [0, 0.05) is 43.8 Å². The van der Waals surface area contributed by atoms with Gasteiger partial charge in [-0.1, -0.05) is 6.42 Å². The summed E-state index contributed by atoms with van der Waals surface area (Å²) in [7, 11) is 1.87. The van der Waals surface area contributed by atoms with Crippen molar-refractivity contribution in [2.24, 2.45) is 4.99 Å². The number of hydrogen-bond acceptors (Lipinski definition) is 3. The molecule has 1 fully saturated rings. The van der Waals surface area contributed by atoms with Gasteiger partial charge in [0.15, 0.2) is 5.96 Å². The minimum atomic E-state index is 0. The van der Waals surface area contributed by atoms with Gasteiger partial charge in [-0.25, -0.2) is 0 Å². The Hall–Kier alpha value is -0.830. The van der Waals surface area contributed by atoms with Crippen molar-refractivity contribution in [2.45, 2.75) is 83.8 Å². The lowest BCUT2D eigenvalue weighted by Crippen LogP contribution is -2.56. The molecule has 1 aromatic rings. The van der Waals surface area contributed by atoms with Gasteiger partial charge in [-0.3, -0.25) is 14.6 Å². The number of rotatable bonds is 5. The third kappa shape index (κ3) is 5.84. The second-order valence-corrected chi connectivity index (χ2v) is 9.04. The SMILES string of the molecule is CN=C(NCC(C)(C)N1CCCCC1)NC1CCc2cn(C(C)C)nc2C1.I. The Morgan fingerprint density at radius 2 is 2.00 bits per heavy atom. The molecule has 28 heavy (non-hydrogen) atoms. The normalized spacial score (nSPS) is 21.2. The predicted octanol–water partition coefficient (Wildman–Crippen LogP) is 3.37. The van der Waals surface area contributed by atoms with E-state index in [-0.39, 0.29) is 29.5 Å². The van der Waals surface area contributed by atoms with Crippen LogP contribution in [0.3, 0.4) is 0 Å². The number of fused-ring (bicyclic) bond motifs is 1. The zero-order valence-electron chi connectivity index (χ0n) is 18.3. The Kier molecular flexibility index (Phi) is 8.60. The van der Waals surface area contributed by atoms with E-state index >= 15 is 0 Å². The van der Waals surface area contributed by atoms with Crippen molar-refractivity contribution in [3.8, 4) is 0 Å². The zero-order chi connectivity index (χ0) is 19.4. The molecule has 0 radical (unpaired) electrons. The van der Waals surface area contributed by atoms with Crippen LogP contribution in [0.15, 0.2) is 11.2 Å². The molecule has 1 saturated heterocycles. The molecular formula is C21H39IN6. The summed E-state index contributed by atoms with van der Waals surface area (Å²) < 4.78 is 2.10. The molecule has 1 aromatic heterocycles. The molecule has 0 saturated carbocycles. The maximum absolute atomic E-state index is 4.79. The van der Waals surface area contributed by atoms with E-state index in [1.807, 2.05) is 7.05 Å². The van der Waals surface area contributed by atoms with E-state index in [9.17, 15) is 0 Å². The minimum Gasteiger partial charge on any atom is -0.355 e. The molecule has 6 nitrogen and oxygen atoms in total. The van der Waals surface area contributed by atoms with Crippen LogP contribution in [0.25, 0.3) is 0 Å². The third-order valence-corrected chi connectivity index (χ3v) is 6.09. The molecule has 1 atom stereocenters. The lowest BCUT2D eigenvalue weighted by molar-refractivity contribution is 0.0982. The highest BCUT2D eigenvalue weighted by atomic mass is 127. The summed E-state index contributed by atoms with van der Waals surface area (Å²) in [5.41, 5.74) is 2.81. The second kappa shape index (κ2) is 10.3. The second-order valence-electron chi connectivity index (χ2n) is 9.04. The third-order valence-electron chi connectivity index (χ3n) is 6.09. The molecule has 0 aromatic carbocycles. The molecule has 1 unspecified atom stereocenters. The Bertz CT molecular complexity index is 645. The van der Waals surface area contributed by atoms with E-state index < -0.39 is 0 Å². The van der Waals surface area contributed by atoms with Crippen molar-refractivity contribution in [3.05, 3.63) is 17.5 Å². The smallest absolute Gasteiger partial charge is 0.191 e. The number of aryl methyl sites for hydroxylation is 1. The van der Waals surface area contributed by atoms with Gasteiger partial charge in [-0.2, -0.15) is 5.10 Å². The number of halogens is 1. The molecule has 0 spiro atoms. The van der Waals surface area contributed by atoms with Crippen LogP contribution in [0.2, 0.25) is 0 Å². The largest absolute Gasteiger partial charge is 0.355 e. The fourth-order valence-electron chi connectivity index (χ4n) is 4.20. The van der Waals surface area contributed by atoms with E-state index in [2.05, 4.69) is 59.1 Å². The maximum Gasteiger partial charge on any atom is 0.191 e. The van der Waals surface area contributed by atoms with Crippen molar-refractivity contribution in [2.75, 3.05) is 26.7 Å². The average Bonchev–Trinajstić information content (AvgIpc) is 3.09. The van der Waals surface area contributed by atoms with Crippen LogP contribution < -0.4 is 10.6 Å². The molecule has 3 rings (SSSR count). The lowest BCUT2D eigenvalue weighted by atomic mass is 9.94. The van der Waals surface area contributed by atoms with Crippen molar-refractivity contribution in [1.82, 2.24) is 25.3 Å². The van der Waals surface area contributed by atoms with Crippen LogP contribution in [0.4, 0.5) is 0 Å². The molecule has 0 bridgehead atoms. The summed E-state index contributed by atoms with van der Waals surface area (Å²) >= 11 is 0. The predicted molar refractivity (Wildman–Crippen MR) is 128 cm³/mol. The Labute approximate surface area is 187 Å². The molecule has 160 valence electrons. The standard InChI is InChI=1S/C21H38N6.HI/c1-16(2)27-14-17-9-10-18(13-19(17)25-27)24-20(22-5)23-15-21(3,4)26-11-7-6-8-12-26;/h14,16,18H,6-13,15H2,1-5H3,(H2,22,23,24);1H. The van der Waals surface area contributed by atoms with Gasteiger partial charge in [0.25, 0.3) is 0 Å². The van der Waals surface area contributed by atoms with Gasteiger partial charge in [0.1, 0.15) is 0 Å². The fraction of sp³-hybridized carbons (Fsp3) is 0.810. The number of hydrogen-bond donors (Lipinski definition) is 2. The van der Waals surface area contributed by atoms with Gasteiger partial charge in [0.2, 0.25) is 0 Å². The van der Waals surface area contributed by atoms with Gasteiger partial charge in [-0.15, -0.1) is 24.0 Å². The fourth-order valence-corrected chi connectivity index (χ4v) is 4.20. The average molecular weight is 502 g/mol. The van der Waals surface area contributed by atoms with Gasteiger partial charge >= 0.3 is 0 Å². The monoisotopic (exact) mass is 502 g/mol. The van der Waals surface area contributed by atoms with Crippen molar-refractivity contribution >= 4 is 29.9 Å². The molecule has 2 N–H and O–H groups in total. The van der Waals surface area contributed by atoms with Crippen molar-refractivity contribution < 1.29 is 0 Å². The highest BCUT2D eigenvalue weighted by Gasteiger charge is 2.28. The topological polar surface area (TPSA) is 57.5 Å². The molecule has 1 aliphatic carbocycles. The van der Waals surface area contributed by atoms with Crippen LogP contribution in [-0.2, 0) is 12.8 Å². The summed E-state index contributed by atoms with van der Waals surface area (Å²) in [5, 5.41) is 12.0. The highest BCUT2D eigenvalue weighted by Crippen LogP contribution is 2.22. The van der Waals surface area contributed by atoms with Crippen LogP contribution in [-0.4, -0.2) is 58.9 Å². The van der Waals surface area contributed by atoms with Crippen LogP contribution in [0.1, 0.15) is 70.7 Å². The summed E-state index contributed by atoms with van der Waals surface area (Å²) in [6.07, 6.45) is 9.45. The first-order valence-electron chi connectivity index (χ1n) is 10.7. The van der Waals surface area contributed by atoms with Crippen LogP contribution in [0, 0.1) is 0 Å². The Morgan fingerprint density at radius 3 is 2.64 bits per heavy atom. The minimum absolute atomic E-state index is 0. The molecule has 2 heterocycles. The van der Waals surface area contributed by atoms with E-state index in [0.717, 1.165) is 31.8 Å². The number of piperidine rings is 1. The molecular weight excluding hydrogens is 463 g/mol. The number of guanidine groups is 1. The number of likely N-dealkylation sites (tertiary alicyclic amines) is 1. The summed E-state index contributed by atoms with van der Waals surface area (Å²) in [4.78, 5) is 7.08. The summed E-state index contributed by atoms with van der Waals surface area (Å²) in [6.45, 7) is 12.4. The molecule has 7 heteroatoms. The molecule has 2 aliphatic rings. The quantitative estimate of drug-likeness (QED) is 0.369. The van der Waals surface area contributed by atoms with Gasteiger partial charge < -0.3 is 10.6 Å². The summed E-state index contributed by atoms with van der Waals surface area (Å²) in [6, 6.07) is 0.825. The first-order valence-corrected chi connectivity index (χ1v) is 10.7. The Balaban J connectivity index is 0.00000280. The summed E-state index contributed by atoms with van der Waals surface area (Å²) in [5.74, 6) is 0.914. The number of aliphatic imine (C=N–C) groups is 1. The maximum atomic E-state index is 4.79. The highest BCUT2D eigenvalue weighted by molar-refractivity contribution is 14.0. The first kappa shape index (κ1) is 23.4. The van der Waals surface area contributed by atoms with Crippen molar-refractivity contribution in [1.29, 1.82) is 0 Å². The van der Waals surface area contributed by atoms with E-state index in [4.69, 9.17) is 5.10 Å². The van der Waals surface area contributed by atoms with Crippen LogP contribution in [0.5, 0.6) is 0 Å². The number of nitrogens with zero attached hydrogens (tertiary/aromatic N) is 4. The van der Waals surface area contributed by atoms with E-state index in [0.29, 0.717) is 12.1 Å². The van der Waals surface area contributed by atoms with E-state index in [1.165, 1.54) is 43.6 Å².